The number of benzene rings is 1. The van der Waals surface area contributed by atoms with Gasteiger partial charge in [0.1, 0.15) is 98.3 Å². The van der Waals surface area contributed by atoms with E-state index in [9.17, 15) is 51.9 Å². The van der Waals surface area contributed by atoms with E-state index >= 15 is 0 Å². The molecule has 6 N–H and O–H groups in total. The molecule has 1 amide bonds. The predicted octanol–water partition coefficient (Wildman–Crippen LogP) is 10.1. The Morgan fingerprint density at radius 1 is 0.659 bits per heavy atom. The fourth-order valence-electron chi connectivity index (χ4n) is 9.31. The molecule has 2 radical (unpaired) electrons. The summed E-state index contributed by atoms with van der Waals surface area (Å²) >= 11 is 5.26. The molecule has 680 valence electrons. The van der Waals surface area contributed by atoms with Crippen LogP contribution in [0.5, 0.6) is 0 Å². The predicted molar refractivity (Wildman–Crippen MR) is 472 cm³/mol. The molecule has 8 aromatic heterocycles. The Hall–Kier alpha value is -8.90. The van der Waals surface area contributed by atoms with E-state index in [4.69, 9.17) is 69.5 Å². The number of amides is 1. The first kappa shape index (κ1) is 121. The number of aldehydes is 3. The zero-order valence-corrected chi connectivity index (χ0v) is 84.7. The molecule has 126 heavy (non-hydrogen) atoms. The summed E-state index contributed by atoms with van der Waals surface area (Å²) in [5, 5.41) is 20.6. The van der Waals surface area contributed by atoms with E-state index in [-0.39, 0.29) is 145 Å². The van der Waals surface area contributed by atoms with Gasteiger partial charge in [-0.15, -0.1) is 12.4 Å². The van der Waals surface area contributed by atoms with Crippen molar-refractivity contribution in [3.8, 4) is 34.4 Å². The Morgan fingerprint density at radius 2 is 1.09 bits per heavy atom. The molecule has 10 heterocycles. The summed E-state index contributed by atoms with van der Waals surface area (Å²) in [6.45, 7) is 22.6. The molecule has 2 aliphatic heterocycles. The number of carbonyl (C=O) groups is 10. The molecule has 0 spiro atoms. The number of allylic oxidation sites excluding steroid dienone is 1. The number of halogens is 3. The molecule has 1 atom stereocenters. The zero-order valence-electron chi connectivity index (χ0n) is 74.9. The van der Waals surface area contributed by atoms with Crippen molar-refractivity contribution in [1.29, 1.82) is 6.74 Å². The first-order chi connectivity index (χ1) is 59.6. The average molecular weight is 2170 g/mol. The summed E-state index contributed by atoms with van der Waals surface area (Å²) in [5.74, 6) is 2.83. The largest absolute Gasteiger partial charge is 1.00 e. The fourth-order valence-corrected chi connectivity index (χ4v) is 10.9. The molecule has 35 nitrogen and oxygen atoms in total. The van der Waals surface area contributed by atoms with Crippen LogP contribution in [0.15, 0.2) is 133 Å². The van der Waals surface area contributed by atoms with E-state index in [1.54, 1.807) is 103 Å². The number of aliphatic imine (C=N–C) groups is 1. The first-order valence-corrected chi connectivity index (χ1v) is 42.8. The number of aromatic nitrogens is 6. The number of rotatable bonds is 20. The number of aryl methyl sites for hydroxylation is 6. The molecule has 1 aromatic carbocycles. The summed E-state index contributed by atoms with van der Waals surface area (Å²) in [6.07, 6.45) is 10.7. The number of nitrogens with one attached hydrogen (secondary N) is 2. The van der Waals surface area contributed by atoms with Crippen LogP contribution in [0.1, 0.15) is 173 Å². The number of nitrogens with zero attached hydrogens (tertiary/aromatic N) is 8. The first-order valence-electron chi connectivity index (χ1n) is 36.8. The van der Waals surface area contributed by atoms with E-state index in [0.717, 1.165) is 51.7 Å². The van der Waals surface area contributed by atoms with Crippen molar-refractivity contribution in [2.45, 2.75) is 125 Å². The van der Waals surface area contributed by atoms with Crippen LogP contribution in [0.3, 0.4) is 0 Å². The van der Waals surface area contributed by atoms with Gasteiger partial charge in [-0.2, -0.15) is 0 Å². The third kappa shape index (κ3) is 43.3. The maximum Gasteiger partial charge on any atom is 1.00 e. The van der Waals surface area contributed by atoms with Crippen molar-refractivity contribution in [1.82, 2.24) is 40.1 Å². The molecule has 1 unspecified atom stereocenters. The second-order valence-electron chi connectivity index (χ2n) is 22.9. The molecule has 2 aliphatic rings. The van der Waals surface area contributed by atoms with Crippen LogP contribution >= 0.6 is 71.2 Å². The zero-order chi connectivity index (χ0) is 95.6. The standard InChI is InChI=1S/C14H14N2O4S.C14H18N2O3S.C14H16N2O3S.C13H13N3O2S.C7H4F2O.C6H10O3.C6H6O2.C2H6N2S.CH5N.CH2O3.CH4.BH.ClH.Na.O2Se.U.H2/c1-4-19-13(18)11-9(7-17)15-14(21-3)16-12(11)10-6-5-8(2)20-10;2*1-5-18-13(17)11-9(3)15-14(20-4)16-12(11)10-7-6-8(2)19-10;1-7-4-5-9(18-7)11-10-8(6-16(2)12(10)17)14-13(15-11)19-3;8-6-2-1-5(4-10)7(9)3-6;1-3-9-6(8)4-5(2)7;1-5-2-3-6(4-7)8-5;1-5-2(3)4;1-2;2-1-4-3;;;;;1-3-2;;/h5-7H,4H2,1-3H3;6-7,12H,5H2,1-4H3,(H,15,16);6-7H,5H2,1-4H3;4-5H,6H2,1-3H3;1-4H;3-4H2,1-2H3;2-4H,1H3;1H3,(H3,3,4);2H2,1H3;1,3H;1H4;2*1H;;;;1H/q;;;;;;;;;;;;;+1;;;/p-1/i;;;;;;;;;;;1D;;;;;1+1D. The van der Waals surface area contributed by atoms with Gasteiger partial charge in [-0.25, -0.2) is 58.1 Å². The molecule has 0 fully saturated rings. The Labute approximate surface area is 813 Å². The van der Waals surface area contributed by atoms with Crippen LogP contribution in [-0.2, 0) is 57.2 Å². The van der Waals surface area contributed by atoms with Crippen molar-refractivity contribution in [2.75, 3.05) is 71.8 Å². The van der Waals surface area contributed by atoms with Gasteiger partial charge >= 0.3 is 75.9 Å². The number of nitrogens with two attached hydrogens (primary N) is 2. The number of furan rings is 5. The normalized spacial score (nSPS) is 11.2. The van der Waals surface area contributed by atoms with Crippen LogP contribution in [0, 0.1) is 89.7 Å². The Bertz CT molecular complexity index is 5080. The number of Topliss-reactive ketones (excluding diaryl/α,β-unsaturated/α-hetero) is 1. The van der Waals surface area contributed by atoms with Gasteiger partial charge in [0.15, 0.2) is 67.7 Å². The van der Waals surface area contributed by atoms with E-state index in [1.807, 2.05) is 76.8 Å². The number of hydrogen-bond acceptors (Lipinski definition) is 38. The number of carbonyl (C=O) groups excluding carboxylic acids is 10. The molecule has 11 rings (SSSR count). The quantitative estimate of drug-likeness (QED) is 0.00471. The second kappa shape index (κ2) is 69.2. The summed E-state index contributed by atoms with van der Waals surface area (Å²) < 4.78 is 104. The Kier molecular flexibility index (Phi) is 66.6. The van der Waals surface area contributed by atoms with Crippen LogP contribution in [-0.4, -0.2) is 202 Å². The topological polar surface area (TPSA) is 521 Å². The fraction of sp³-hybridized carbons (Fsp3) is 0.342. The van der Waals surface area contributed by atoms with Gasteiger partial charge in [0.05, 0.1) is 61.1 Å². The van der Waals surface area contributed by atoms with Gasteiger partial charge in [0, 0.05) is 61.3 Å². The summed E-state index contributed by atoms with van der Waals surface area (Å²) in [7, 11) is 7.01. The van der Waals surface area contributed by atoms with E-state index in [1.165, 1.54) is 72.8 Å². The average Bonchev–Trinajstić information content (AvgIpc) is 1.62. The SMILES string of the molecule is C.CCOC(=O)C1=C(C)NC(SC)=NC1c1ccc(C)o1.CCOC(=O)CC(C)=O.CCOC(=O)c1c(C)nc(SC)nc1-c1ccc(C)o1.CCOC(=O)c1c(C=O)nc(SC)nc1-c1ccc(C)o1.CN.CSC(=N)N.CSc1nc2c(c(-c3ccc(C)o3)n1)C(=O)N(C)C2.Cc1ccc(C=O)o1.Cl.O=CO[O-].O=Cc1ccc(F)cc1F.O=[Se]=O.[2H][2H].[2H][B].[Na+].[U]. The minimum absolute atomic E-state index is 0. The maximum absolute atomic E-state index is 12.4. The number of ether oxygens (including phenoxy) is 4. The van der Waals surface area contributed by atoms with Gasteiger partial charge in [0.25, 0.3) is 12.4 Å². The number of ketones is 1. The summed E-state index contributed by atoms with van der Waals surface area (Å²) in [5.41, 5.74) is 14.1. The Balaban J connectivity index is -0.000000336. The monoisotopic (exact) mass is 2170 g/mol. The molecule has 9 aromatic rings. The van der Waals surface area contributed by atoms with Crippen molar-refractivity contribution in [2.24, 2.45) is 16.5 Å². The number of fused-ring (bicyclic) bond motifs is 1. The maximum atomic E-state index is 12.4. The minimum atomic E-state index is -1.62. The third-order valence-electron chi connectivity index (χ3n) is 14.3. The second-order valence-corrected chi connectivity index (χ2v) is 27.2. The van der Waals surface area contributed by atoms with E-state index in [2.05, 4.69) is 63.9 Å². The van der Waals surface area contributed by atoms with Gasteiger partial charge in [-0.3, -0.25) is 39.0 Å². The van der Waals surface area contributed by atoms with Crippen LogP contribution in [0.2, 0.25) is 0 Å². The van der Waals surface area contributed by atoms with Crippen LogP contribution < -0.4 is 51.6 Å². The smallest absolute Gasteiger partial charge is 0.0379 e. The molecule has 0 aliphatic carbocycles. The van der Waals surface area contributed by atoms with Crippen LogP contribution in [0.4, 0.5) is 8.78 Å². The molecule has 0 bridgehead atoms. The van der Waals surface area contributed by atoms with Crippen molar-refractivity contribution >= 4 is 166 Å². The molecule has 0 saturated carbocycles. The van der Waals surface area contributed by atoms with Gasteiger partial charge in [-0.1, -0.05) is 66.2 Å². The number of esters is 4. The van der Waals surface area contributed by atoms with Gasteiger partial charge in [-0.05, 0) is 196 Å². The molecular formula is C79H101BClF2N12NaO23S5SeU. The van der Waals surface area contributed by atoms with E-state index < -0.39 is 50.4 Å². The third-order valence-corrected chi connectivity index (χ3v) is 17.0. The Morgan fingerprint density at radius 3 is 1.47 bits per heavy atom. The number of amidine groups is 2. The molecule has 0 saturated heterocycles. The summed E-state index contributed by atoms with van der Waals surface area (Å²) in [4.78, 5) is 144. The number of thioether (sulfide) groups is 5. The molecule has 47 heteroatoms. The summed E-state index contributed by atoms with van der Waals surface area (Å²) in [6, 6.07) is 20.2. The van der Waals surface area contributed by atoms with Gasteiger partial charge in [0.2, 0.25) is 0 Å². The minimum Gasteiger partial charge on any atom is -0.0379 e. The van der Waals surface area contributed by atoms with Crippen molar-refractivity contribution < 1.29 is 179 Å². The van der Waals surface area contributed by atoms with Crippen LogP contribution in [0.25, 0.3) is 34.4 Å². The van der Waals surface area contributed by atoms with Crippen molar-refractivity contribution in [3.05, 3.63) is 181 Å². The van der Waals surface area contributed by atoms with Gasteiger partial charge < -0.3 is 72.9 Å². The van der Waals surface area contributed by atoms with E-state index in [0.29, 0.717) is 135 Å². The van der Waals surface area contributed by atoms with Crippen molar-refractivity contribution in [3.63, 3.8) is 0 Å². The molecular weight excluding hydrogens is 2070 g/mol. The number of hydrogen-bond donors (Lipinski definition) is 4.